The number of hydrogen-bond acceptors (Lipinski definition) is 6. The lowest BCUT2D eigenvalue weighted by Gasteiger charge is -2.00. The monoisotopic (exact) mass is 330 g/mol. The third kappa shape index (κ3) is 3.45. The molecule has 0 fully saturated rings. The van der Waals surface area contributed by atoms with Gasteiger partial charge in [0.2, 0.25) is 5.96 Å². The Kier molecular flexibility index (Phi) is 4.47. The van der Waals surface area contributed by atoms with Gasteiger partial charge in [-0.2, -0.15) is 5.10 Å². The molecular weight excluding hydrogens is 324 g/mol. The minimum Gasteiger partial charge on any atom is -0.369 e. The molecular formula is C8H7BrN6O4. The van der Waals surface area contributed by atoms with Crippen LogP contribution >= 0.6 is 15.9 Å². The highest BCUT2D eigenvalue weighted by molar-refractivity contribution is 9.10. The summed E-state index contributed by atoms with van der Waals surface area (Å²) in [7, 11) is 0. The third-order valence-electron chi connectivity index (χ3n) is 1.88. The molecule has 0 heterocycles. The molecule has 4 N–H and O–H groups in total. The van der Waals surface area contributed by atoms with Crippen molar-refractivity contribution >= 4 is 39.5 Å². The summed E-state index contributed by atoms with van der Waals surface area (Å²) in [6.07, 6.45) is 0.848. The van der Waals surface area contributed by atoms with E-state index in [2.05, 4.69) is 26.1 Å². The van der Waals surface area contributed by atoms with Gasteiger partial charge in [-0.1, -0.05) is 0 Å². The third-order valence-corrected chi connectivity index (χ3v) is 2.52. The molecule has 1 rings (SSSR count). The largest absolute Gasteiger partial charge is 0.369 e. The first-order chi connectivity index (χ1) is 8.84. The summed E-state index contributed by atoms with van der Waals surface area (Å²) in [5.74, 6) is -0.378. The average Bonchev–Trinajstić information content (AvgIpc) is 2.27. The van der Waals surface area contributed by atoms with Crippen molar-refractivity contribution in [2.24, 2.45) is 21.7 Å². The van der Waals surface area contributed by atoms with Crippen LogP contribution in [0.2, 0.25) is 0 Å². The van der Waals surface area contributed by atoms with Gasteiger partial charge in [-0.15, -0.1) is 5.10 Å². The van der Waals surface area contributed by atoms with Gasteiger partial charge in [-0.05, 0) is 22.0 Å². The van der Waals surface area contributed by atoms with Crippen molar-refractivity contribution in [2.75, 3.05) is 0 Å². The predicted molar refractivity (Wildman–Crippen MR) is 70.9 cm³/mol. The fourth-order valence-corrected chi connectivity index (χ4v) is 1.69. The molecule has 19 heavy (non-hydrogen) atoms. The van der Waals surface area contributed by atoms with E-state index < -0.39 is 21.2 Å². The maximum absolute atomic E-state index is 10.9. The fraction of sp³-hybridized carbons (Fsp3) is 0. The maximum atomic E-state index is 10.9. The molecule has 1 aromatic carbocycles. The summed E-state index contributed by atoms with van der Waals surface area (Å²) in [6, 6.07) is 2.31. The second kappa shape index (κ2) is 5.86. The zero-order valence-electron chi connectivity index (χ0n) is 9.19. The molecule has 11 heteroatoms. The zero-order chi connectivity index (χ0) is 14.6. The van der Waals surface area contributed by atoms with Gasteiger partial charge in [0.15, 0.2) is 5.56 Å². The van der Waals surface area contributed by atoms with Crippen LogP contribution in [0.4, 0.5) is 11.4 Å². The van der Waals surface area contributed by atoms with Crippen LogP contribution in [0.25, 0.3) is 0 Å². The Labute approximate surface area is 114 Å². The molecule has 100 valence electrons. The number of hydrogen-bond donors (Lipinski definition) is 2. The Balaban J connectivity index is 3.50. The first-order valence-electron chi connectivity index (χ1n) is 4.58. The highest BCUT2D eigenvalue weighted by Gasteiger charge is 2.26. The second-order valence-corrected chi connectivity index (χ2v) is 3.97. The summed E-state index contributed by atoms with van der Waals surface area (Å²) in [5.41, 5.74) is 8.75. The Morgan fingerprint density at radius 3 is 2.37 bits per heavy atom. The minimum atomic E-state index is -0.770. The molecule has 0 bridgehead atoms. The van der Waals surface area contributed by atoms with E-state index >= 15 is 0 Å². The maximum Gasteiger partial charge on any atom is 0.299 e. The van der Waals surface area contributed by atoms with Crippen molar-refractivity contribution < 1.29 is 9.85 Å². The average molecular weight is 331 g/mol. The Hall–Kier alpha value is -2.56. The van der Waals surface area contributed by atoms with Crippen LogP contribution in [0.15, 0.2) is 26.8 Å². The van der Waals surface area contributed by atoms with Crippen molar-refractivity contribution in [2.45, 2.75) is 0 Å². The zero-order valence-corrected chi connectivity index (χ0v) is 10.8. The number of benzene rings is 1. The van der Waals surface area contributed by atoms with Crippen molar-refractivity contribution in [1.29, 1.82) is 0 Å². The van der Waals surface area contributed by atoms with Gasteiger partial charge in [0.1, 0.15) is 0 Å². The summed E-state index contributed by atoms with van der Waals surface area (Å²) in [5, 5.41) is 28.3. The van der Waals surface area contributed by atoms with E-state index in [1.165, 1.54) is 6.07 Å². The van der Waals surface area contributed by atoms with E-state index in [-0.39, 0.29) is 16.0 Å². The molecule has 1 aromatic rings. The highest BCUT2D eigenvalue weighted by Crippen LogP contribution is 2.33. The highest BCUT2D eigenvalue weighted by atomic mass is 79.9. The van der Waals surface area contributed by atoms with Crippen LogP contribution in [0.3, 0.4) is 0 Å². The number of halogens is 1. The number of nitrogens with two attached hydrogens (primary N) is 2. The number of nitro groups is 2. The molecule has 0 spiro atoms. The second-order valence-electron chi connectivity index (χ2n) is 3.11. The molecule has 0 atom stereocenters. The normalized spacial score (nSPS) is 10.4. The van der Waals surface area contributed by atoms with Gasteiger partial charge < -0.3 is 11.5 Å². The first-order valence-corrected chi connectivity index (χ1v) is 5.37. The van der Waals surface area contributed by atoms with Crippen molar-refractivity contribution in [1.82, 2.24) is 0 Å². The van der Waals surface area contributed by atoms with E-state index in [1.807, 2.05) is 0 Å². The van der Waals surface area contributed by atoms with Crippen LogP contribution in [0, 0.1) is 20.2 Å². The van der Waals surface area contributed by atoms with Crippen LogP contribution in [-0.2, 0) is 0 Å². The van der Waals surface area contributed by atoms with Gasteiger partial charge in [0.05, 0.1) is 20.5 Å². The van der Waals surface area contributed by atoms with E-state index in [9.17, 15) is 20.2 Å². The van der Waals surface area contributed by atoms with Crippen LogP contribution in [-0.4, -0.2) is 22.0 Å². The Morgan fingerprint density at radius 1 is 1.26 bits per heavy atom. The molecule has 0 unspecified atom stereocenters. The molecule has 0 aliphatic rings. The van der Waals surface area contributed by atoms with Gasteiger partial charge in [0, 0.05) is 6.07 Å². The minimum absolute atomic E-state index is 0.0780. The molecule has 0 aromatic heterocycles. The molecule has 0 aliphatic carbocycles. The Bertz CT molecular complexity index is 595. The fourth-order valence-electron chi connectivity index (χ4n) is 1.20. The van der Waals surface area contributed by atoms with Gasteiger partial charge >= 0.3 is 0 Å². The molecule has 0 aliphatic heterocycles. The lowest BCUT2D eigenvalue weighted by atomic mass is 10.1. The van der Waals surface area contributed by atoms with Crippen molar-refractivity contribution in [3.8, 4) is 0 Å². The number of guanidine groups is 1. The van der Waals surface area contributed by atoms with Gasteiger partial charge in [-0.3, -0.25) is 20.2 Å². The van der Waals surface area contributed by atoms with Gasteiger partial charge in [0.25, 0.3) is 11.4 Å². The predicted octanol–water partition coefficient (Wildman–Crippen LogP) is 0.873. The lowest BCUT2D eigenvalue weighted by Crippen LogP contribution is -2.21. The van der Waals surface area contributed by atoms with E-state index in [1.54, 1.807) is 0 Å². The number of rotatable bonds is 4. The van der Waals surface area contributed by atoms with E-state index in [4.69, 9.17) is 11.5 Å². The molecule has 0 saturated heterocycles. The van der Waals surface area contributed by atoms with Crippen LogP contribution < -0.4 is 11.5 Å². The van der Waals surface area contributed by atoms with Gasteiger partial charge in [-0.25, -0.2) is 0 Å². The number of nitrogens with zero attached hydrogens (tertiary/aromatic N) is 4. The standard InChI is InChI=1S/C8H7BrN6O4/c9-5-1-2-6(14(16)17)4(7(5)15(18)19)3-12-13-8(10)11/h1-3H,(H4,10,11,13)/b12-3+. The molecule has 10 nitrogen and oxygen atoms in total. The molecule has 0 radical (unpaired) electrons. The summed E-state index contributed by atoms with van der Waals surface area (Å²) >= 11 is 2.94. The quantitative estimate of drug-likeness (QED) is 0.360. The lowest BCUT2D eigenvalue weighted by molar-refractivity contribution is -0.394. The van der Waals surface area contributed by atoms with E-state index in [0.29, 0.717) is 0 Å². The van der Waals surface area contributed by atoms with Crippen LogP contribution in [0.1, 0.15) is 5.56 Å². The summed E-state index contributed by atoms with van der Waals surface area (Å²) in [4.78, 5) is 20.2. The van der Waals surface area contributed by atoms with Crippen LogP contribution in [0.5, 0.6) is 0 Å². The molecule has 0 amide bonds. The smallest absolute Gasteiger partial charge is 0.299 e. The molecule has 0 saturated carbocycles. The summed E-state index contributed by atoms with van der Waals surface area (Å²) < 4.78 is 0.0780. The van der Waals surface area contributed by atoms with Crippen molar-refractivity contribution in [3.05, 3.63) is 42.4 Å². The SMILES string of the molecule is NC(N)=N/N=C/c1c([N+](=O)[O-])ccc(Br)c1[N+](=O)[O-]. The van der Waals surface area contributed by atoms with Crippen molar-refractivity contribution in [3.63, 3.8) is 0 Å². The Morgan fingerprint density at radius 2 is 1.89 bits per heavy atom. The first kappa shape index (κ1) is 14.5. The summed E-state index contributed by atoms with van der Waals surface area (Å²) in [6.45, 7) is 0. The number of nitro benzene ring substituents is 2. The topological polar surface area (TPSA) is 163 Å². The van der Waals surface area contributed by atoms with E-state index in [0.717, 1.165) is 12.3 Å².